The van der Waals surface area contributed by atoms with E-state index in [-0.39, 0.29) is 11.9 Å². The van der Waals surface area contributed by atoms with Crippen LogP contribution in [0, 0.1) is 0 Å². The van der Waals surface area contributed by atoms with Crippen LogP contribution in [0.1, 0.15) is 34.6 Å². The van der Waals surface area contributed by atoms with Crippen molar-refractivity contribution >= 4 is 5.91 Å². The minimum Gasteiger partial charge on any atom is -0.368 e. The van der Waals surface area contributed by atoms with Gasteiger partial charge < -0.3 is 16.0 Å². The molecule has 4 nitrogen and oxygen atoms in total. The number of hydrogen-bond donors (Lipinski definition) is 2. The lowest BCUT2D eigenvalue weighted by atomic mass is 9.99. The Morgan fingerprint density at radius 1 is 1.40 bits per heavy atom. The molecule has 0 bridgehead atoms. The van der Waals surface area contributed by atoms with Crippen LogP contribution in [0.5, 0.6) is 0 Å². The predicted octanol–water partition coefficient (Wildman–Crippen LogP) is 0.570. The van der Waals surface area contributed by atoms with Crippen molar-refractivity contribution in [3.05, 3.63) is 0 Å². The molecule has 1 unspecified atom stereocenters. The van der Waals surface area contributed by atoms with Crippen molar-refractivity contribution in [3.63, 3.8) is 0 Å². The van der Waals surface area contributed by atoms with Gasteiger partial charge in [0, 0.05) is 12.6 Å². The third-order valence-electron chi connectivity index (χ3n) is 2.59. The Hall–Kier alpha value is -0.610. The van der Waals surface area contributed by atoms with Gasteiger partial charge in [0.2, 0.25) is 5.91 Å². The fourth-order valence-corrected chi connectivity index (χ4v) is 1.73. The molecule has 0 saturated heterocycles. The quantitative estimate of drug-likeness (QED) is 0.653. The van der Waals surface area contributed by atoms with Gasteiger partial charge in [-0.1, -0.05) is 13.8 Å². The van der Waals surface area contributed by atoms with Crippen LogP contribution in [-0.2, 0) is 4.79 Å². The lowest BCUT2D eigenvalue weighted by molar-refractivity contribution is -0.124. The Bertz CT molecular complexity index is 202. The summed E-state index contributed by atoms with van der Waals surface area (Å²) in [5, 5.41) is 3.24. The van der Waals surface area contributed by atoms with Gasteiger partial charge in [-0.15, -0.1) is 0 Å². The molecule has 0 heterocycles. The zero-order valence-electron chi connectivity index (χ0n) is 10.6. The van der Waals surface area contributed by atoms with Crippen LogP contribution < -0.4 is 11.1 Å². The van der Waals surface area contributed by atoms with Crippen molar-refractivity contribution in [1.82, 2.24) is 10.2 Å². The zero-order valence-corrected chi connectivity index (χ0v) is 10.6. The number of carbonyl (C=O) groups excluding carboxylic acids is 1. The maximum atomic E-state index is 11.5. The molecule has 3 N–H and O–H groups in total. The van der Waals surface area contributed by atoms with Crippen LogP contribution >= 0.6 is 0 Å². The highest BCUT2D eigenvalue weighted by Crippen LogP contribution is 2.07. The molecule has 0 radical (unpaired) electrons. The highest BCUT2D eigenvalue weighted by Gasteiger charge is 2.32. The molecular formula is C11H25N3O. The maximum Gasteiger partial charge on any atom is 0.238 e. The van der Waals surface area contributed by atoms with Crippen molar-refractivity contribution in [2.45, 2.75) is 46.2 Å². The van der Waals surface area contributed by atoms with E-state index >= 15 is 0 Å². The summed E-state index contributed by atoms with van der Waals surface area (Å²) in [5.74, 6) is -0.289. The second-order valence-electron chi connectivity index (χ2n) is 4.46. The number of nitrogens with two attached hydrogens (primary N) is 1. The van der Waals surface area contributed by atoms with Gasteiger partial charge in [0.05, 0.1) is 0 Å². The first kappa shape index (κ1) is 14.4. The van der Waals surface area contributed by atoms with E-state index in [4.69, 9.17) is 5.73 Å². The molecule has 90 valence electrons. The topological polar surface area (TPSA) is 58.4 Å². The molecule has 0 aromatic rings. The van der Waals surface area contributed by atoms with E-state index in [0.717, 1.165) is 13.1 Å². The minimum absolute atomic E-state index is 0.248. The molecule has 0 aliphatic heterocycles. The SMILES string of the molecule is CCN(CC)CC(C)(NC(C)C)C(N)=O. The minimum atomic E-state index is -0.639. The molecule has 0 spiro atoms. The highest BCUT2D eigenvalue weighted by atomic mass is 16.1. The van der Waals surface area contributed by atoms with Crippen LogP contribution in [0.15, 0.2) is 0 Å². The summed E-state index contributed by atoms with van der Waals surface area (Å²) in [6, 6.07) is 0.248. The molecule has 0 aromatic heterocycles. The van der Waals surface area contributed by atoms with Crippen LogP contribution in [0.3, 0.4) is 0 Å². The summed E-state index contributed by atoms with van der Waals surface area (Å²) >= 11 is 0. The summed E-state index contributed by atoms with van der Waals surface area (Å²) in [4.78, 5) is 13.7. The first-order chi connectivity index (χ1) is 6.85. The Morgan fingerprint density at radius 3 is 2.13 bits per heavy atom. The van der Waals surface area contributed by atoms with Crippen molar-refractivity contribution in [3.8, 4) is 0 Å². The van der Waals surface area contributed by atoms with E-state index in [0.29, 0.717) is 6.54 Å². The summed E-state index contributed by atoms with van der Waals surface area (Å²) in [5.41, 5.74) is 4.81. The molecule has 0 fully saturated rings. The molecule has 0 saturated carbocycles. The van der Waals surface area contributed by atoms with E-state index in [1.54, 1.807) is 0 Å². The maximum absolute atomic E-state index is 11.5. The number of primary amides is 1. The fraction of sp³-hybridized carbons (Fsp3) is 0.909. The van der Waals surface area contributed by atoms with Gasteiger partial charge in [-0.2, -0.15) is 0 Å². The molecule has 0 aliphatic rings. The summed E-state index contributed by atoms with van der Waals surface area (Å²) in [6.07, 6.45) is 0. The first-order valence-electron chi connectivity index (χ1n) is 5.65. The van der Waals surface area contributed by atoms with Gasteiger partial charge in [-0.05, 0) is 33.9 Å². The summed E-state index contributed by atoms with van der Waals surface area (Å²) in [6.45, 7) is 12.6. The third-order valence-corrected chi connectivity index (χ3v) is 2.59. The van der Waals surface area contributed by atoms with E-state index in [9.17, 15) is 4.79 Å². The van der Waals surface area contributed by atoms with Crippen molar-refractivity contribution in [1.29, 1.82) is 0 Å². The van der Waals surface area contributed by atoms with Crippen LogP contribution in [0.4, 0.5) is 0 Å². The highest BCUT2D eigenvalue weighted by molar-refractivity contribution is 5.84. The van der Waals surface area contributed by atoms with Gasteiger partial charge in [-0.25, -0.2) is 0 Å². The van der Waals surface area contributed by atoms with Crippen LogP contribution in [-0.4, -0.2) is 42.0 Å². The molecule has 0 rings (SSSR count). The number of nitrogens with zero attached hydrogens (tertiary/aromatic N) is 1. The van der Waals surface area contributed by atoms with Crippen molar-refractivity contribution in [2.75, 3.05) is 19.6 Å². The second kappa shape index (κ2) is 6.08. The molecule has 1 amide bonds. The lowest BCUT2D eigenvalue weighted by Crippen LogP contribution is -2.61. The third kappa shape index (κ3) is 4.62. The number of rotatable bonds is 7. The van der Waals surface area contributed by atoms with E-state index in [1.807, 2.05) is 20.8 Å². The Kier molecular flexibility index (Phi) is 5.83. The van der Waals surface area contributed by atoms with Crippen molar-refractivity contribution in [2.24, 2.45) is 5.73 Å². The lowest BCUT2D eigenvalue weighted by Gasteiger charge is -2.34. The summed E-state index contributed by atoms with van der Waals surface area (Å²) in [7, 11) is 0. The van der Waals surface area contributed by atoms with Crippen molar-refractivity contribution < 1.29 is 4.79 Å². The largest absolute Gasteiger partial charge is 0.368 e. The molecule has 15 heavy (non-hydrogen) atoms. The zero-order chi connectivity index (χ0) is 12.1. The number of amides is 1. The Balaban J connectivity index is 4.56. The van der Waals surface area contributed by atoms with Gasteiger partial charge >= 0.3 is 0 Å². The average Bonchev–Trinajstić information content (AvgIpc) is 2.12. The molecular weight excluding hydrogens is 190 g/mol. The Labute approximate surface area is 93.2 Å². The van der Waals surface area contributed by atoms with Gasteiger partial charge in [0.25, 0.3) is 0 Å². The van der Waals surface area contributed by atoms with Gasteiger partial charge in [0.1, 0.15) is 5.54 Å². The van der Waals surface area contributed by atoms with Crippen LogP contribution in [0.25, 0.3) is 0 Å². The predicted molar refractivity (Wildman–Crippen MR) is 63.7 cm³/mol. The molecule has 4 heteroatoms. The normalized spacial score (nSPS) is 15.7. The van der Waals surface area contributed by atoms with Crippen LogP contribution in [0.2, 0.25) is 0 Å². The number of carbonyl (C=O) groups is 1. The first-order valence-corrected chi connectivity index (χ1v) is 5.65. The second-order valence-corrected chi connectivity index (χ2v) is 4.46. The number of nitrogens with one attached hydrogen (secondary N) is 1. The molecule has 0 aliphatic carbocycles. The molecule has 1 atom stereocenters. The monoisotopic (exact) mass is 215 g/mol. The standard InChI is InChI=1S/C11H25N3O/c1-6-14(7-2)8-11(5,10(12)15)13-9(3)4/h9,13H,6-8H2,1-5H3,(H2,12,15). The van der Waals surface area contributed by atoms with Gasteiger partial charge in [0.15, 0.2) is 0 Å². The van der Waals surface area contributed by atoms with E-state index in [2.05, 4.69) is 24.1 Å². The molecule has 0 aromatic carbocycles. The smallest absolute Gasteiger partial charge is 0.238 e. The Morgan fingerprint density at radius 2 is 1.87 bits per heavy atom. The number of likely N-dealkylation sites (N-methyl/N-ethyl adjacent to an activating group) is 1. The number of hydrogen-bond acceptors (Lipinski definition) is 3. The fourth-order valence-electron chi connectivity index (χ4n) is 1.73. The average molecular weight is 215 g/mol. The van der Waals surface area contributed by atoms with E-state index in [1.165, 1.54) is 0 Å². The summed E-state index contributed by atoms with van der Waals surface area (Å²) < 4.78 is 0. The van der Waals surface area contributed by atoms with E-state index < -0.39 is 5.54 Å². The van der Waals surface area contributed by atoms with Gasteiger partial charge in [-0.3, -0.25) is 4.79 Å².